The van der Waals surface area contributed by atoms with Gasteiger partial charge in [-0.2, -0.15) is 0 Å². The molecule has 0 radical (unpaired) electrons. The minimum Gasteiger partial charge on any atom is -0.507 e. The summed E-state index contributed by atoms with van der Waals surface area (Å²) in [5.74, 6) is 0.179. The largest absolute Gasteiger partial charge is 0.507 e. The SMILES string of the molecule is COC(=O)c1cccc2oc(-c3cccc4oc(-c5ccccc5O)nc34)nc12. The minimum absolute atomic E-state index is 0.0742. The number of methoxy groups -OCH3 is 1. The third-order valence-electron chi connectivity index (χ3n) is 4.61. The third kappa shape index (κ3) is 2.71. The maximum Gasteiger partial charge on any atom is 0.340 e. The van der Waals surface area contributed by atoms with Crippen LogP contribution in [-0.2, 0) is 4.74 Å². The molecule has 0 fully saturated rings. The van der Waals surface area contributed by atoms with E-state index in [1.165, 1.54) is 7.11 Å². The molecular formula is C22H14N2O5. The quantitative estimate of drug-likeness (QED) is 0.445. The summed E-state index contributed by atoms with van der Waals surface area (Å²) in [5.41, 5.74) is 3.36. The van der Waals surface area contributed by atoms with Crippen LogP contribution in [0, 0.1) is 0 Å². The third-order valence-corrected chi connectivity index (χ3v) is 4.61. The van der Waals surface area contributed by atoms with Crippen molar-refractivity contribution in [2.75, 3.05) is 7.11 Å². The first kappa shape index (κ1) is 17.0. The zero-order chi connectivity index (χ0) is 20.0. The van der Waals surface area contributed by atoms with Gasteiger partial charge in [-0.3, -0.25) is 0 Å². The smallest absolute Gasteiger partial charge is 0.340 e. The Balaban J connectivity index is 1.70. The number of nitrogens with zero attached hydrogens (tertiary/aromatic N) is 2. The number of phenolic OH excluding ortho intramolecular Hbond substituents is 1. The highest BCUT2D eigenvalue weighted by Gasteiger charge is 2.20. The number of carbonyl (C=O) groups excluding carboxylic acids is 1. The van der Waals surface area contributed by atoms with Crippen LogP contribution < -0.4 is 0 Å². The van der Waals surface area contributed by atoms with Crippen molar-refractivity contribution in [2.24, 2.45) is 0 Å². The molecule has 0 atom stereocenters. The molecule has 0 aliphatic carbocycles. The summed E-state index contributed by atoms with van der Waals surface area (Å²) < 4.78 is 16.5. The zero-order valence-corrected chi connectivity index (χ0v) is 15.2. The lowest BCUT2D eigenvalue weighted by atomic mass is 10.2. The van der Waals surface area contributed by atoms with Gasteiger partial charge in [0.05, 0.1) is 23.8 Å². The number of oxazole rings is 2. The van der Waals surface area contributed by atoms with Crippen molar-refractivity contribution < 1.29 is 23.5 Å². The summed E-state index contributed by atoms with van der Waals surface area (Å²) in [6, 6.07) is 17.3. The summed E-state index contributed by atoms with van der Waals surface area (Å²) >= 11 is 0. The molecule has 0 spiro atoms. The molecule has 0 saturated heterocycles. The number of aromatic nitrogens is 2. The Morgan fingerprint density at radius 2 is 1.45 bits per heavy atom. The van der Waals surface area contributed by atoms with Gasteiger partial charge in [-0.05, 0) is 36.4 Å². The number of carbonyl (C=O) groups is 1. The number of ether oxygens (including phenoxy) is 1. The predicted octanol–water partition coefficient (Wildman–Crippen LogP) is 4.80. The fourth-order valence-corrected chi connectivity index (χ4v) is 3.23. The highest BCUT2D eigenvalue weighted by Crippen LogP contribution is 2.35. The second-order valence-corrected chi connectivity index (χ2v) is 6.35. The Labute approximate surface area is 164 Å². The van der Waals surface area contributed by atoms with E-state index in [2.05, 4.69) is 9.97 Å². The van der Waals surface area contributed by atoms with Gasteiger partial charge < -0.3 is 18.7 Å². The highest BCUT2D eigenvalue weighted by atomic mass is 16.5. The zero-order valence-electron chi connectivity index (χ0n) is 15.2. The lowest BCUT2D eigenvalue weighted by Gasteiger charge is -1.97. The van der Waals surface area contributed by atoms with Gasteiger partial charge in [-0.1, -0.05) is 24.3 Å². The van der Waals surface area contributed by atoms with E-state index in [1.54, 1.807) is 54.6 Å². The Bertz CT molecular complexity index is 1380. The first-order valence-corrected chi connectivity index (χ1v) is 8.82. The second kappa shape index (κ2) is 6.49. The van der Waals surface area contributed by atoms with E-state index >= 15 is 0 Å². The van der Waals surface area contributed by atoms with Crippen LogP contribution in [-0.4, -0.2) is 28.2 Å². The number of hydrogen-bond acceptors (Lipinski definition) is 7. The van der Waals surface area contributed by atoms with Crippen LogP contribution in [0.4, 0.5) is 0 Å². The van der Waals surface area contributed by atoms with Crippen molar-refractivity contribution in [2.45, 2.75) is 0 Å². The first-order chi connectivity index (χ1) is 14.2. The van der Waals surface area contributed by atoms with Crippen LogP contribution >= 0.6 is 0 Å². The molecule has 2 heterocycles. The molecule has 0 bridgehead atoms. The van der Waals surface area contributed by atoms with Crippen molar-refractivity contribution in [3.05, 3.63) is 66.2 Å². The molecular weight excluding hydrogens is 372 g/mol. The van der Waals surface area contributed by atoms with Crippen LogP contribution in [0.1, 0.15) is 10.4 Å². The molecule has 7 heteroatoms. The number of phenols is 1. The summed E-state index contributed by atoms with van der Waals surface area (Å²) in [6.45, 7) is 0. The maximum absolute atomic E-state index is 12.0. The summed E-state index contributed by atoms with van der Waals surface area (Å²) in [6.07, 6.45) is 0. The molecule has 0 aliphatic rings. The average Bonchev–Trinajstić information content (AvgIpc) is 3.37. The fraction of sp³-hybridized carbons (Fsp3) is 0.0455. The van der Waals surface area contributed by atoms with E-state index in [1.807, 2.05) is 6.07 Å². The Hall–Kier alpha value is -4.13. The van der Waals surface area contributed by atoms with Gasteiger partial charge in [-0.15, -0.1) is 0 Å². The Kier molecular flexibility index (Phi) is 3.80. The monoisotopic (exact) mass is 386 g/mol. The summed E-state index contributed by atoms with van der Waals surface area (Å²) in [5, 5.41) is 10.1. The molecule has 0 unspecified atom stereocenters. The molecule has 29 heavy (non-hydrogen) atoms. The standard InChI is InChI=1S/C22H14N2O5/c1-27-22(26)14-8-5-11-17-19(14)24-21(29-17)13-7-4-10-16-18(13)23-20(28-16)12-6-2-3-9-15(12)25/h2-11,25H,1H3. The van der Waals surface area contributed by atoms with Crippen LogP contribution in [0.3, 0.4) is 0 Å². The van der Waals surface area contributed by atoms with Gasteiger partial charge in [0, 0.05) is 0 Å². The number of fused-ring (bicyclic) bond motifs is 2. The van der Waals surface area contributed by atoms with E-state index in [4.69, 9.17) is 13.6 Å². The second-order valence-electron chi connectivity index (χ2n) is 6.35. The van der Waals surface area contributed by atoms with Crippen LogP contribution in [0.25, 0.3) is 45.1 Å². The highest BCUT2D eigenvalue weighted by molar-refractivity contribution is 6.02. The van der Waals surface area contributed by atoms with Gasteiger partial charge in [0.2, 0.25) is 11.8 Å². The van der Waals surface area contributed by atoms with Gasteiger partial charge in [0.15, 0.2) is 11.2 Å². The molecule has 7 nitrogen and oxygen atoms in total. The van der Waals surface area contributed by atoms with Gasteiger partial charge in [-0.25, -0.2) is 14.8 Å². The van der Waals surface area contributed by atoms with Crippen molar-refractivity contribution in [1.82, 2.24) is 9.97 Å². The number of aromatic hydroxyl groups is 1. The molecule has 0 aliphatic heterocycles. The number of para-hydroxylation sites is 3. The average molecular weight is 386 g/mol. The predicted molar refractivity (Wildman–Crippen MR) is 105 cm³/mol. The molecule has 0 saturated carbocycles. The van der Waals surface area contributed by atoms with E-state index in [0.29, 0.717) is 44.8 Å². The first-order valence-electron chi connectivity index (χ1n) is 8.82. The van der Waals surface area contributed by atoms with Crippen molar-refractivity contribution in [1.29, 1.82) is 0 Å². The molecule has 1 N–H and O–H groups in total. The van der Waals surface area contributed by atoms with Gasteiger partial charge in [0.1, 0.15) is 16.8 Å². The minimum atomic E-state index is -0.489. The molecule has 0 amide bonds. The van der Waals surface area contributed by atoms with Crippen LogP contribution in [0.2, 0.25) is 0 Å². The van der Waals surface area contributed by atoms with Crippen molar-refractivity contribution in [3.8, 4) is 28.7 Å². The molecule has 2 aromatic heterocycles. The molecule has 5 aromatic rings. The Morgan fingerprint density at radius 1 is 0.828 bits per heavy atom. The number of hydrogen-bond donors (Lipinski definition) is 1. The lowest BCUT2D eigenvalue weighted by molar-refractivity contribution is 0.0602. The van der Waals surface area contributed by atoms with E-state index in [-0.39, 0.29) is 11.6 Å². The number of rotatable bonds is 3. The van der Waals surface area contributed by atoms with Crippen LogP contribution in [0.15, 0.2) is 69.5 Å². The molecule has 142 valence electrons. The van der Waals surface area contributed by atoms with E-state index < -0.39 is 5.97 Å². The molecule has 5 rings (SSSR count). The number of esters is 1. The summed E-state index contributed by atoms with van der Waals surface area (Å²) in [4.78, 5) is 21.1. The topological polar surface area (TPSA) is 98.6 Å². The van der Waals surface area contributed by atoms with Crippen molar-refractivity contribution >= 4 is 28.2 Å². The Morgan fingerprint density at radius 3 is 2.21 bits per heavy atom. The van der Waals surface area contributed by atoms with E-state index in [0.717, 1.165) is 0 Å². The van der Waals surface area contributed by atoms with Crippen molar-refractivity contribution in [3.63, 3.8) is 0 Å². The number of benzene rings is 3. The maximum atomic E-state index is 12.0. The van der Waals surface area contributed by atoms with E-state index in [9.17, 15) is 9.90 Å². The fourth-order valence-electron chi connectivity index (χ4n) is 3.23. The van der Waals surface area contributed by atoms with Crippen LogP contribution in [0.5, 0.6) is 5.75 Å². The lowest BCUT2D eigenvalue weighted by Crippen LogP contribution is -2.01. The van der Waals surface area contributed by atoms with Gasteiger partial charge in [0.25, 0.3) is 0 Å². The molecule has 3 aromatic carbocycles. The normalized spacial score (nSPS) is 11.2. The summed E-state index contributed by atoms with van der Waals surface area (Å²) in [7, 11) is 1.32. The van der Waals surface area contributed by atoms with Gasteiger partial charge >= 0.3 is 5.97 Å².